The Morgan fingerprint density at radius 1 is 1.16 bits per heavy atom. The maximum Gasteiger partial charge on any atom is 0.308 e. The molecule has 6 nitrogen and oxygen atoms in total. The standard InChI is InChI=1S/C13H15NO5/c15-10-4-9(5-11(16)6-10)12(17)14-3-1-2-8(7-14)13(18)19/h4-6,8,15-16H,1-3,7H2,(H,18,19)/t8-/m0/s1. The number of benzene rings is 1. The summed E-state index contributed by atoms with van der Waals surface area (Å²) in [6.45, 7) is 0.642. The Balaban J connectivity index is 2.16. The maximum absolute atomic E-state index is 12.2. The Hall–Kier alpha value is -2.24. The van der Waals surface area contributed by atoms with Crippen LogP contribution in [-0.4, -0.2) is 45.2 Å². The predicted octanol–water partition coefficient (Wildman–Crippen LogP) is 1.03. The molecule has 1 fully saturated rings. The number of piperidine rings is 1. The molecular formula is C13H15NO5. The molecular weight excluding hydrogens is 250 g/mol. The lowest BCUT2D eigenvalue weighted by Gasteiger charge is -2.30. The molecule has 1 aliphatic heterocycles. The minimum atomic E-state index is -0.906. The van der Waals surface area contributed by atoms with Crippen molar-refractivity contribution in [3.63, 3.8) is 0 Å². The number of phenols is 2. The molecule has 2 rings (SSSR count). The lowest BCUT2D eigenvalue weighted by molar-refractivity contribution is -0.143. The zero-order valence-corrected chi connectivity index (χ0v) is 10.2. The summed E-state index contributed by atoms with van der Waals surface area (Å²) in [7, 11) is 0. The van der Waals surface area contributed by atoms with Crippen molar-refractivity contribution in [3.8, 4) is 11.5 Å². The van der Waals surface area contributed by atoms with Crippen LogP contribution in [0.25, 0.3) is 0 Å². The summed E-state index contributed by atoms with van der Waals surface area (Å²) < 4.78 is 0. The van der Waals surface area contributed by atoms with Gasteiger partial charge in [0.05, 0.1) is 5.92 Å². The van der Waals surface area contributed by atoms with Gasteiger partial charge in [0.2, 0.25) is 0 Å². The fourth-order valence-electron chi connectivity index (χ4n) is 2.26. The summed E-state index contributed by atoms with van der Waals surface area (Å²) in [4.78, 5) is 24.6. The lowest BCUT2D eigenvalue weighted by Crippen LogP contribution is -2.42. The van der Waals surface area contributed by atoms with E-state index in [1.165, 1.54) is 17.0 Å². The molecule has 0 spiro atoms. The van der Waals surface area contributed by atoms with Crippen LogP contribution in [0, 0.1) is 5.92 Å². The van der Waals surface area contributed by atoms with Gasteiger partial charge in [0.15, 0.2) is 0 Å². The molecule has 0 bridgehead atoms. The van der Waals surface area contributed by atoms with Crippen LogP contribution in [-0.2, 0) is 4.79 Å². The molecule has 19 heavy (non-hydrogen) atoms. The number of hydrogen-bond donors (Lipinski definition) is 3. The van der Waals surface area contributed by atoms with Crippen LogP contribution in [0.2, 0.25) is 0 Å². The third-order valence-corrected chi connectivity index (χ3v) is 3.21. The molecule has 0 aliphatic carbocycles. The van der Waals surface area contributed by atoms with Crippen LogP contribution in [0.4, 0.5) is 0 Å². The van der Waals surface area contributed by atoms with E-state index >= 15 is 0 Å². The lowest BCUT2D eigenvalue weighted by atomic mass is 9.97. The first-order valence-electron chi connectivity index (χ1n) is 6.02. The second-order valence-corrected chi connectivity index (χ2v) is 4.67. The Kier molecular flexibility index (Phi) is 3.59. The van der Waals surface area contributed by atoms with Crippen LogP contribution in [0.1, 0.15) is 23.2 Å². The normalized spacial score (nSPS) is 19.2. The van der Waals surface area contributed by atoms with Gasteiger partial charge in [-0.15, -0.1) is 0 Å². The van der Waals surface area contributed by atoms with E-state index in [1.54, 1.807) is 0 Å². The highest BCUT2D eigenvalue weighted by Gasteiger charge is 2.28. The Labute approximate surface area is 109 Å². The van der Waals surface area contributed by atoms with Gasteiger partial charge < -0.3 is 20.2 Å². The number of carbonyl (C=O) groups excluding carboxylic acids is 1. The number of phenolic OH excluding ortho intramolecular Hbond substituents is 2. The summed E-state index contributed by atoms with van der Waals surface area (Å²) in [5.41, 5.74) is 0.156. The van der Waals surface area contributed by atoms with Gasteiger partial charge in [-0.3, -0.25) is 9.59 Å². The van der Waals surface area contributed by atoms with E-state index in [9.17, 15) is 19.8 Å². The van der Waals surface area contributed by atoms with E-state index in [-0.39, 0.29) is 29.5 Å². The van der Waals surface area contributed by atoms with Gasteiger partial charge in [-0.1, -0.05) is 0 Å². The van der Waals surface area contributed by atoms with E-state index in [1.807, 2.05) is 0 Å². The molecule has 1 aromatic carbocycles. The summed E-state index contributed by atoms with van der Waals surface area (Å²) in [5.74, 6) is -2.23. The van der Waals surface area contributed by atoms with Gasteiger partial charge in [-0.2, -0.15) is 0 Å². The van der Waals surface area contributed by atoms with E-state index in [4.69, 9.17) is 5.11 Å². The molecule has 1 saturated heterocycles. The predicted molar refractivity (Wildman–Crippen MR) is 66.0 cm³/mol. The topological polar surface area (TPSA) is 98.1 Å². The first kappa shape index (κ1) is 13.2. The minimum absolute atomic E-state index is 0.156. The van der Waals surface area contributed by atoms with Gasteiger partial charge in [-0.05, 0) is 25.0 Å². The molecule has 1 aliphatic rings. The number of amides is 1. The molecule has 0 saturated carbocycles. The Bertz CT molecular complexity index is 494. The SMILES string of the molecule is O=C(O)[C@H]1CCCN(C(=O)c2cc(O)cc(O)c2)C1. The number of aliphatic carboxylic acids is 1. The summed E-state index contributed by atoms with van der Waals surface area (Å²) in [5, 5.41) is 27.7. The molecule has 0 radical (unpaired) electrons. The molecule has 1 amide bonds. The minimum Gasteiger partial charge on any atom is -0.508 e. The fourth-order valence-corrected chi connectivity index (χ4v) is 2.26. The fraction of sp³-hybridized carbons (Fsp3) is 0.385. The summed E-state index contributed by atoms with van der Waals surface area (Å²) >= 11 is 0. The van der Waals surface area contributed by atoms with Crippen molar-refractivity contribution in [2.75, 3.05) is 13.1 Å². The molecule has 1 atom stereocenters. The molecule has 0 unspecified atom stereocenters. The average molecular weight is 265 g/mol. The van der Waals surface area contributed by atoms with Crippen molar-refractivity contribution < 1.29 is 24.9 Å². The summed E-state index contributed by atoms with van der Waals surface area (Å²) in [6.07, 6.45) is 1.19. The molecule has 1 aromatic rings. The van der Waals surface area contributed by atoms with Crippen molar-refractivity contribution in [3.05, 3.63) is 23.8 Å². The van der Waals surface area contributed by atoms with Crippen LogP contribution in [0.3, 0.4) is 0 Å². The van der Waals surface area contributed by atoms with Gasteiger partial charge in [0, 0.05) is 24.7 Å². The highest BCUT2D eigenvalue weighted by atomic mass is 16.4. The number of carboxylic acid groups (broad SMARTS) is 1. The molecule has 3 N–H and O–H groups in total. The average Bonchev–Trinajstić information content (AvgIpc) is 2.37. The van der Waals surface area contributed by atoms with Gasteiger partial charge in [-0.25, -0.2) is 0 Å². The quantitative estimate of drug-likeness (QED) is 0.742. The third kappa shape index (κ3) is 2.96. The Morgan fingerprint density at radius 2 is 1.79 bits per heavy atom. The first-order valence-corrected chi connectivity index (χ1v) is 6.02. The highest BCUT2D eigenvalue weighted by molar-refractivity contribution is 5.95. The second-order valence-electron chi connectivity index (χ2n) is 4.67. The molecule has 102 valence electrons. The van der Waals surface area contributed by atoms with Crippen LogP contribution < -0.4 is 0 Å². The van der Waals surface area contributed by atoms with Crippen molar-refractivity contribution in [1.82, 2.24) is 4.90 Å². The highest BCUT2D eigenvalue weighted by Crippen LogP contribution is 2.24. The number of likely N-dealkylation sites (tertiary alicyclic amines) is 1. The van der Waals surface area contributed by atoms with E-state index in [2.05, 4.69) is 0 Å². The molecule has 0 aromatic heterocycles. The van der Waals surface area contributed by atoms with Crippen LogP contribution in [0.5, 0.6) is 11.5 Å². The van der Waals surface area contributed by atoms with Gasteiger partial charge in [0.25, 0.3) is 5.91 Å². The van der Waals surface area contributed by atoms with Crippen molar-refractivity contribution in [2.24, 2.45) is 5.92 Å². The van der Waals surface area contributed by atoms with E-state index < -0.39 is 11.9 Å². The molecule has 1 heterocycles. The molecule has 6 heteroatoms. The van der Waals surface area contributed by atoms with Gasteiger partial charge >= 0.3 is 5.97 Å². The first-order chi connectivity index (χ1) is 8.97. The Morgan fingerprint density at radius 3 is 2.37 bits per heavy atom. The second kappa shape index (κ2) is 5.17. The summed E-state index contributed by atoms with van der Waals surface area (Å²) in [6, 6.07) is 3.64. The van der Waals surface area contributed by atoms with Gasteiger partial charge in [0.1, 0.15) is 11.5 Å². The van der Waals surface area contributed by atoms with E-state index in [0.717, 1.165) is 6.07 Å². The van der Waals surface area contributed by atoms with Crippen LogP contribution >= 0.6 is 0 Å². The third-order valence-electron chi connectivity index (χ3n) is 3.21. The number of nitrogens with zero attached hydrogens (tertiary/aromatic N) is 1. The maximum atomic E-state index is 12.2. The smallest absolute Gasteiger partial charge is 0.308 e. The number of aromatic hydroxyl groups is 2. The largest absolute Gasteiger partial charge is 0.508 e. The van der Waals surface area contributed by atoms with E-state index in [0.29, 0.717) is 19.4 Å². The number of carboxylic acids is 1. The van der Waals surface area contributed by atoms with Crippen LogP contribution in [0.15, 0.2) is 18.2 Å². The zero-order valence-electron chi connectivity index (χ0n) is 10.2. The zero-order chi connectivity index (χ0) is 14.0. The van der Waals surface area contributed by atoms with Crippen molar-refractivity contribution in [1.29, 1.82) is 0 Å². The van der Waals surface area contributed by atoms with Crippen molar-refractivity contribution >= 4 is 11.9 Å². The monoisotopic (exact) mass is 265 g/mol. The number of carbonyl (C=O) groups is 2. The number of hydrogen-bond acceptors (Lipinski definition) is 4. The van der Waals surface area contributed by atoms with Crippen molar-refractivity contribution in [2.45, 2.75) is 12.8 Å². The number of rotatable bonds is 2.